The quantitative estimate of drug-likeness (QED) is 0.839. The van der Waals surface area contributed by atoms with E-state index in [1.54, 1.807) is 30.3 Å². The van der Waals surface area contributed by atoms with Crippen molar-refractivity contribution >= 4 is 23.1 Å². The van der Waals surface area contributed by atoms with Gasteiger partial charge in [0.1, 0.15) is 5.82 Å². The molecule has 0 bridgehead atoms. The molecule has 0 atom stereocenters. The Balaban J connectivity index is 2.25. The molecular weight excluding hydrogens is 269 g/mol. The molecule has 2 aromatic carbocycles. The first-order valence-corrected chi connectivity index (χ1v) is 6.81. The van der Waals surface area contributed by atoms with E-state index in [-0.39, 0.29) is 5.69 Å². The highest BCUT2D eigenvalue weighted by molar-refractivity contribution is 6.03. The minimum Gasteiger partial charge on any atom is -0.397 e. The predicted molar refractivity (Wildman–Crippen MR) is 83.9 cm³/mol. The van der Waals surface area contributed by atoms with Gasteiger partial charge in [0.05, 0.1) is 17.1 Å². The fraction of sp³-hybridized carbons (Fsp3) is 0.188. The topological polar surface area (TPSA) is 58.4 Å². The third-order valence-electron chi connectivity index (χ3n) is 3.04. The lowest BCUT2D eigenvalue weighted by molar-refractivity contribution is 0.257. The third kappa shape index (κ3) is 3.51. The van der Waals surface area contributed by atoms with Gasteiger partial charge in [-0.2, -0.15) is 0 Å². The van der Waals surface area contributed by atoms with Gasteiger partial charge in [0.2, 0.25) is 0 Å². The molecule has 0 aromatic heterocycles. The summed E-state index contributed by atoms with van der Waals surface area (Å²) in [6.45, 7) is 2.46. The van der Waals surface area contributed by atoms with E-state index >= 15 is 0 Å². The molecular formula is C16H18FN3O. The SMILES string of the molecule is CCCN(C(=O)Nc1ccccc1F)c1ccccc1N. The third-order valence-corrected chi connectivity index (χ3v) is 3.04. The second-order valence-corrected chi connectivity index (χ2v) is 4.62. The van der Waals surface area contributed by atoms with Crippen LogP contribution in [0, 0.1) is 5.82 Å². The molecule has 2 amide bonds. The number of nitrogens with two attached hydrogens (primary N) is 1. The summed E-state index contributed by atoms with van der Waals surface area (Å²) in [5.41, 5.74) is 7.20. The van der Waals surface area contributed by atoms with Crippen LogP contribution in [0.1, 0.15) is 13.3 Å². The van der Waals surface area contributed by atoms with Crippen molar-refractivity contribution in [1.82, 2.24) is 0 Å². The number of halogens is 1. The number of urea groups is 1. The van der Waals surface area contributed by atoms with Gasteiger partial charge in [-0.3, -0.25) is 4.90 Å². The lowest BCUT2D eigenvalue weighted by Gasteiger charge is -2.24. The highest BCUT2D eigenvalue weighted by atomic mass is 19.1. The Morgan fingerprint density at radius 1 is 1.19 bits per heavy atom. The number of hydrogen-bond acceptors (Lipinski definition) is 2. The summed E-state index contributed by atoms with van der Waals surface area (Å²) in [4.78, 5) is 13.9. The predicted octanol–water partition coefficient (Wildman–Crippen LogP) is 3.86. The van der Waals surface area contributed by atoms with Gasteiger partial charge >= 0.3 is 6.03 Å². The zero-order valence-electron chi connectivity index (χ0n) is 11.8. The molecule has 21 heavy (non-hydrogen) atoms. The normalized spacial score (nSPS) is 10.2. The average Bonchev–Trinajstić information content (AvgIpc) is 2.48. The van der Waals surface area contributed by atoms with E-state index in [1.807, 2.05) is 13.0 Å². The van der Waals surface area contributed by atoms with E-state index in [4.69, 9.17) is 5.73 Å². The Bertz CT molecular complexity index is 630. The van der Waals surface area contributed by atoms with Gasteiger partial charge in [0, 0.05) is 6.54 Å². The van der Waals surface area contributed by atoms with Crippen molar-refractivity contribution in [2.45, 2.75) is 13.3 Å². The Hall–Kier alpha value is -2.56. The highest BCUT2D eigenvalue weighted by Crippen LogP contribution is 2.24. The first-order valence-electron chi connectivity index (χ1n) is 6.81. The molecule has 0 saturated heterocycles. The second-order valence-electron chi connectivity index (χ2n) is 4.62. The number of hydrogen-bond donors (Lipinski definition) is 2. The molecule has 2 rings (SSSR count). The Morgan fingerprint density at radius 2 is 1.86 bits per heavy atom. The number of carbonyl (C=O) groups excluding carboxylic acids is 1. The number of nitrogens with zero attached hydrogens (tertiary/aromatic N) is 1. The van der Waals surface area contributed by atoms with Crippen molar-refractivity contribution in [3.8, 4) is 0 Å². The number of carbonyl (C=O) groups is 1. The van der Waals surface area contributed by atoms with E-state index in [2.05, 4.69) is 5.32 Å². The summed E-state index contributed by atoms with van der Waals surface area (Å²) in [5.74, 6) is -0.469. The van der Waals surface area contributed by atoms with E-state index in [1.165, 1.54) is 17.0 Å². The fourth-order valence-corrected chi connectivity index (χ4v) is 2.03. The first kappa shape index (κ1) is 14.8. The maximum atomic E-state index is 13.6. The molecule has 0 aliphatic rings. The first-order chi connectivity index (χ1) is 10.1. The molecule has 3 N–H and O–H groups in total. The molecule has 110 valence electrons. The molecule has 0 unspecified atom stereocenters. The molecule has 5 heteroatoms. The van der Waals surface area contributed by atoms with Gasteiger partial charge in [-0.25, -0.2) is 9.18 Å². The molecule has 0 heterocycles. The molecule has 0 fully saturated rings. The van der Waals surface area contributed by atoms with Crippen molar-refractivity contribution in [2.24, 2.45) is 0 Å². The van der Waals surface area contributed by atoms with Gasteiger partial charge in [-0.05, 0) is 30.7 Å². The Kier molecular flexibility index (Phi) is 4.77. The van der Waals surface area contributed by atoms with E-state index in [9.17, 15) is 9.18 Å². The lowest BCUT2D eigenvalue weighted by atomic mass is 10.2. The Labute approximate surface area is 123 Å². The summed E-state index contributed by atoms with van der Waals surface area (Å²) < 4.78 is 13.6. The fourth-order valence-electron chi connectivity index (χ4n) is 2.03. The summed E-state index contributed by atoms with van der Waals surface area (Å²) in [7, 11) is 0. The molecule has 0 radical (unpaired) electrons. The minimum absolute atomic E-state index is 0.151. The number of nitrogen functional groups attached to an aromatic ring is 1. The Morgan fingerprint density at radius 3 is 2.52 bits per heavy atom. The van der Waals surface area contributed by atoms with Gasteiger partial charge in [-0.15, -0.1) is 0 Å². The van der Waals surface area contributed by atoms with Gasteiger partial charge < -0.3 is 11.1 Å². The highest BCUT2D eigenvalue weighted by Gasteiger charge is 2.18. The standard InChI is InChI=1S/C16H18FN3O/c1-2-11-20(15-10-6-4-8-13(15)18)16(21)19-14-9-5-3-7-12(14)17/h3-10H,2,11,18H2,1H3,(H,19,21). The van der Waals surface area contributed by atoms with Crippen LogP contribution in [-0.2, 0) is 0 Å². The van der Waals surface area contributed by atoms with Gasteiger partial charge in [0.25, 0.3) is 0 Å². The van der Waals surface area contributed by atoms with Crippen LogP contribution in [0.3, 0.4) is 0 Å². The molecule has 0 spiro atoms. The van der Waals surface area contributed by atoms with Crippen molar-refractivity contribution < 1.29 is 9.18 Å². The number of amides is 2. The number of nitrogens with one attached hydrogen (secondary N) is 1. The average molecular weight is 287 g/mol. The molecule has 2 aromatic rings. The van der Waals surface area contributed by atoms with Crippen molar-refractivity contribution in [1.29, 1.82) is 0 Å². The monoisotopic (exact) mass is 287 g/mol. The van der Waals surface area contributed by atoms with Crippen LogP contribution >= 0.6 is 0 Å². The number of benzene rings is 2. The van der Waals surface area contributed by atoms with Crippen LogP contribution < -0.4 is 16.0 Å². The van der Waals surface area contributed by atoms with Crippen LogP contribution in [0.4, 0.5) is 26.2 Å². The number of rotatable bonds is 4. The summed E-state index contributed by atoms with van der Waals surface area (Å²) in [6, 6.07) is 12.8. The van der Waals surface area contributed by atoms with Crippen LogP contribution in [0.25, 0.3) is 0 Å². The van der Waals surface area contributed by atoms with Gasteiger partial charge in [0.15, 0.2) is 0 Å². The van der Waals surface area contributed by atoms with E-state index in [0.717, 1.165) is 6.42 Å². The van der Waals surface area contributed by atoms with Crippen LogP contribution in [0.2, 0.25) is 0 Å². The summed E-state index contributed by atoms with van der Waals surface area (Å²) in [6.07, 6.45) is 0.763. The summed E-state index contributed by atoms with van der Waals surface area (Å²) >= 11 is 0. The maximum absolute atomic E-state index is 13.6. The van der Waals surface area contributed by atoms with E-state index in [0.29, 0.717) is 17.9 Å². The number of anilines is 3. The summed E-state index contributed by atoms with van der Waals surface area (Å²) in [5, 5.41) is 2.58. The van der Waals surface area contributed by atoms with Gasteiger partial charge in [-0.1, -0.05) is 31.2 Å². The van der Waals surface area contributed by atoms with Crippen molar-refractivity contribution in [3.63, 3.8) is 0 Å². The van der Waals surface area contributed by atoms with Crippen molar-refractivity contribution in [2.75, 3.05) is 22.5 Å². The zero-order valence-corrected chi connectivity index (χ0v) is 11.8. The molecule has 4 nitrogen and oxygen atoms in total. The molecule has 0 saturated carbocycles. The number of para-hydroxylation sites is 3. The van der Waals surface area contributed by atoms with Crippen LogP contribution in [0.15, 0.2) is 48.5 Å². The molecule has 0 aliphatic heterocycles. The molecule has 0 aliphatic carbocycles. The lowest BCUT2D eigenvalue weighted by Crippen LogP contribution is -2.36. The van der Waals surface area contributed by atoms with Crippen LogP contribution in [0.5, 0.6) is 0 Å². The van der Waals surface area contributed by atoms with Crippen molar-refractivity contribution in [3.05, 3.63) is 54.3 Å². The smallest absolute Gasteiger partial charge is 0.326 e. The largest absolute Gasteiger partial charge is 0.397 e. The zero-order chi connectivity index (χ0) is 15.2. The minimum atomic E-state index is -0.469. The second kappa shape index (κ2) is 6.74. The van der Waals surface area contributed by atoms with Crippen LogP contribution in [-0.4, -0.2) is 12.6 Å². The van der Waals surface area contributed by atoms with E-state index < -0.39 is 11.8 Å². The maximum Gasteiger partial charge on any atom is 0.326 e.